The van der Waals surface area contributed by atoms with Crippen LogP contribution in [0.4, 0.5) is 0 Å². The van der Waals surface area contributed by atoms with E-state index in [0.29, 0.717) is 0 Å². The van der Waals surface area contributed by atoms with Gasteiger partial charge in [0.1, 0.15) is 0 Å². The number of benzene rings is 2. The Bertz CT molecular complexity index is 538. The van der Waals surface area contributed by atoms with Gasteiger partial charge in [0.15, 0.2) is 0 Å². The molecule has 22 heavy (non-hydrogen) atoms. The third-order valence-electron chi connectivity index (χ3n) is 4.81. The van der Waals surface area contributed by atoms with Crippen molar-refractivity contribution in [3.63, 3.8) is 0 Å². The standard InChI is InChI=1S/C22H26/c1-2-10-16-22(17-11-3-1,18-20-12-6-4-7-13-20)19-21-14-8-5-9-15-21/h4-10,12-16H,1-3,11,17-19H2. The van der Waals surface area contributed by atoms with E-state index in [4.69, 9.17) is 0 Å². The number of hydrogen-bond acceptors (Lipinski definition) is 0. The minimum absolute atomic E-state index is 0.281. The predicted octanol–water partition coefficient (Wildman–Crippen LogP) is 5.98. The second-order valence-corrected chi connectivity index (χ2v) is 6.69. The van der Waals surface area contributed by atoms with Gasteiger partial charge in [0.25, 0.3) is 0 Å². The molecule has 0 saturated carbocycles. The zero-order valence-electron chi connectivity index (χ0n) is 13.4. The van der Waals surface area contributed by atoms with E-state index in [-0.39, 0.29) is 5.41 Å². The van der Waals surface area contributed by atoms with Crippen LogP contribution in [0.2, 0.25) is 0 Å². The molecule has 0 atom stereocenters. The molecular weight excluding hydrogens is 264 g/mol. The molecule has 2 aromatic carbocycles. The number of hydrogen-bond donors (Lipinski definition) is 0. The third kappa shape index (κ3) is 4.10. The third-order valence-corrected chi connectivity index (χ3v) is 4.81. The van der Waals surface area contributed by atoms with E-state index in [1.54, 1.807) is 0 Å². The van der Waals surface area contributed by atoms with E-state index in [1.807, 2.05) is 0 Å². The van der Waals surface area contributed by atoms with Gasteiger partial charge >= 0.3 is 0 Å². The Morgan fingerprint density at radius 2 is 1.27 bits per heavy atom. The molecule has 0 unspecified atom stereocenters. The zero-order chi connectivity index (χ0) is 15.1. The Morgan fingerprint density at radius 1 is 0.682 bits per heavy atom. The molecule has 0 radical (unpaired) electrons. The fourth-order valence-corrected chi connectivity index (χ4v) is 3.69. The van der Waals surface area contributed by atoms with Gasteiger partial charge in [0, 0.05) is 0 Å². The van der Waals surface area contributed by atoms with Crippen LogP contribution in [0.1, 0.15) is 43.2 Å². The normalized spacial score (nSPS) is 17.6. The quantitative estimate of drug-likeness (QED) is 0.608. The van der Waals surface area contributed by atoms with E-state index < -0.39 is 0 Å². The van der Waals surface area contributed by atoms with Gasteiger partial charge in [0.2, 0.25) is 0 Å². The molecule has 0 amide bonds. The van der Waals surface area contributed by atoms with Gasteiger partial charge in [-0.05, 0) is 48.6 Å². The maximum atomic E-state index is 2.53. The Labute approximate surface area is 134 Å². The van der Waals surface area contributed by atoms with E-state index >= 15 is 0 Å². The summed E-state index contributed by atoms with van der Waals surface area (Å²) < 4.78 is 0. The maximum absolute atomic E-state index is 2.53. The first-order valence-electron chi connectivity index (χ1n) is 8.62. The molecule has 0 heterocycles. The average molecular weight is 290 g/mol. The van der Waals surface area contributed by atoms with Crippen LogP contribution in [-0.4, -0.2) is 0 Å². The van der Waals surface area contributed by atoms with Gasteiger partial charge in [0.05, 0.1) is 0 Å². The summed E-state index contributed by atoms with van der Waals surface area (Å²) in [5.41, 5.74) is 3.20. The topological polar surface area (TPSA) is 0 Å². The molecule has 0 saturated heterocycles. The van der Waals surface area contributed by atoms with Crippen molar-refractivity contribution in [2.24, 2.45) is 5.41 Å². The summed E-state index contributed by atoms with van der Waals surface area (Å²) in [7, 11) is 0. The molecule has 0 aliphatic heterocycles. The van der Waals surface area contributed by atoms with Gasteiger partial charge in [-0.2, -0.15) is 0 Å². The van der Waals surface area contributed by atoms with E-state index in [0.717, 1.165) is 12.8 Å². The molecule has 0 aromatic heterocycles. The fourth-order valence-electron chi connectivity index (χ4n) is 3.69. The minimum Gasteiger partial charge on any atom is -0.0880 e. The minimum atomic E-state index is 0.281. The van der Waals surface area contributed by atoms with Gasteiger partial charge in [-0.25, -0.2) is 0 Å². The molecule has 1 aliphatic carbocycles. The summed E-state index contributed by atoms with van der Waals surface area (Å²) in [6.07, 6.45) is 13.9. The number of rotatable bonds is 4. The van der Waals surface area contributed by atoms with Crippen molar-refractivity contribution in [1.82, 2.24) is 0 Å². The first kappa shape index (κ1) is 15.1. The summed E-state index contributed by atoms with van der Waals surface area (Å²) in [5, 5.41) is 0. The van der Waals surface area contributed by atoms with Gasteiger partial charge in [-0.1, -0.05) is 85.7 Å². The number of allylic oxidation sites excluding steroid dienone is 2. The predicted molar refractivity (Wildman–Crippen MR) is 95.0 cm³/mol. The summed E-state index contributed by atoms with van der Waals surface area (Å²) in [6, 6.07) is 22.0. The summed E-state index contributed by atoms with van der Waals surface area (Å²) in [4.78, 5) is 0. The summed E-state index contributed by atoms with van der Waals surface area (Å²) in [5.74, 6) is 0. The van der Waals surface area contributed by atoms with Crippen molar-refractivity contribution >= 4 is 0 Å². The molecule has 0 N–H and O–H groups in total. The average Bonchev–Trinajstić information content (AvgIpc) is 2.53. The Balaban J connectivity index is 1.88. The van der Waals surface area contributed by atoms with Crippen LogP contribution in [0.3, 0.4) is 0 Å². The highest BCUT2D eigenvalue weighted by Gasteiger charge is 2.28. The molecule has 114 valence electrons. The second kappa shape index (κ2) is 7.45. The van der Waals surface area contributed by atoms with Gasteiger partial charge in [-0.3, -0.25) is 0 Å². The van der Waals surface area contributed by atoms with Crippen molar-refractivity contribution in [2.75, 3.05) is 0 Å². The van der Waals surface area contributed by atoms with Crippen LogP contribution in [-0.2, 0) is 12.8 Å². The highest BCUT2D eigenvalue weighted by Crippen LogP contribution is 2.37. The second-order valence-electron chi connectivity index (χ2n) is 6.69. The summed E-state index contributed by atoms with van der Waals surface area (Å²) in [6.45, 7) is 0. The van der Waals surface area contributed by atoms with Crippen LogP contribution in [0, 0.1) is 5.41 Å². The van der Waals surface area contributed by atoms with Crippen LogP contribution < -0.4 is 0 Å². The first-order chi connectivity index (χ1) is 10.9. The zero-order valence-corrected chi connectivity index (χ0v) is 13.4. The lowest BCUT2D eigenvalue weighted by molar-refractivity contribution is 0.323. The van der Waals surface area contributed by atoms with Crippen molar-refractivity contribution in [3.8, 4) is 0 Å². The molecular formula is C22H26. The Morgan fingerprint density at radius 3 is 1.86 bits per heavy atom. The van der Waals surface area contributed by atoms with E-state index in [9.17, 15) is 0 Å². The van der Waals surface area contributed by atoms with Crippen molar-refractivity contribution in [3.05, 3.63) is 83.9 Å². The molecule has 0 spiro atoms. The Hall–Kier alpha value is -1.82. The fraction of sp³-hybridized carbons (Fsp3) is 0.364. The largest absolute Gasteiger partial charge is 0.0880 e. The van der Waals surface area contributed by atoms with E-state index in [2.05, 4.69) is 72.8 Å². The van der Waals surface area contributed by atoms with Crippen LogP contribution in [0.15, 0.2) is 72.8 Å². The van der Waals surface area contributed by atoms with Crippen molar-refractivity contribution in [1.29, 1.82) is 0 Å². The van der Waals surface area contributed by atoms with E-state index in [1.165, 1.54) is 43.2 Å². The maximum Gasteiger partial charge on any atom is -0.00376 e. The van der Waals surface area contributed by atoms with Gasteiger partial charge < -0.3 is 0 Å². The highest BCUT2D eigenvalue weighted by atomic mass is 14.3. The van der Waals surface area contributed by atoms with Gasteiger partial charge in [-0.15, -0.1) is 0 Å². The van der Waals surface area contributed by atoms with Crippen LogP contribution >= 0.6 is 0 Å². The van der Waals surface area contributed by atoms with Crippen LogP contribution in [0.5, 0.6) is 0 Å². The summed E-state index contributed by atoms with van der Waals surface area (Å²) >= 11 is 0. The SMILES string of the molecule is C1=CC(Cc2ccccc2)(Cc2ccccc2)CCCCC1. The molecule has 1 aliphatic rings. The molecule has 0 bridgehead atoms. The molecule has 0 nitrogen and oxygen atoms in total. The molecule has 0 heteroatoms. The monoisotopic (exact) mass is 290 g/mol. The lowest BCUT2D eigenvalue weighted by Crippen LogP contribution is -2.25. The Kier molecular flexibility index (Phi) is 5.11. The molecule has 2 aromatic rings. The lowest BCUT2D eigenvalue weighted by Gasteiger charge is -2.33. The smallest absolute Gasteiger partial charge is 0.00376 e. The molecule has 0 fully saturated rings. The van der Waals surface area contributed by atoms with Crippen molar-refractivity contribution in [2.45, 2.75) is 44.9 Å². The molecule has 3 rings (SSSR count). The van der Waals surface area contributed by atoms with Crippen molar-refractivity contribution < 1.29 is 0 Å². The lowest BCUT2D eigenvalue weighted by atomic mass is 9.72. The highest BCUT2D eigenvalue weighted by molar-refractivity contribution is 5.24. The van der Waals surface area contributed by atoms with Crippen LogP contribution in [0.25, 0.3) is 0 Å². The first-order valence-corrected chi connectivity index (χ1v) is 8.62.